The first kappa shape index (κ1) is 17.4. The zero-order valence-electron chi connectivity index (χ0n) is 14.4. The minimum atomic E-state index is -0.104. The van der Waals surface area contributed by atoms with Gasteiger partial charge in [-0.25, -0.2) is 0 Å². The number of ether oxygens (including phenoxy) is 1. The van der Waals surface area contributed by atoms with E-state index >= 15 is 0 Å². The fourth-order valence-corrected chi connectivity index (χ4v) is 2.74. The Morgan fingerprint density at radius 1 is 1.39 bits per heavy atom. The van der Waals surface area contributed by atoms with Crippen LogP contribution in [0.25, 0.3) is 0 Å². The van der Waals surface area contributed by atoms with Gasteiger partial charge >= 0.3 is 0 Å². The number of carbonyl (C=O) groups excluding carboxylic acids is 2. The second-order valence-corrected chi connectivity index (χ2v) is 6.32. The molecule has 4 nitrogen and oxygen atoms in total. The van der Waals surface area contributed by atoms with E-state index in [1.807, 2.05) is 13.0 Å². The number of benzene rings is 1. The molecule has 124 valence electrons. The molecule has 23 heavy (non-hydrogen) atoms. The lowest BCUT2D eigenvalue weighted by molar-refractivity contribution is -0.119. The Labute approximate surface area is 138 Å². The maximum atomic E-state index is 12.4. The summed E-state index contributed by atoms with van der Waals surface area (Å²) in [6, 6.07) is 5.39. The van der Waals surface area contributed by atoms with Crippen molar-refractivity contribution >= 4 is 23.0 Å². The van der Waals surface area contributed by atoms with Crippen molar-refractivity contribution in [1.29, 1.82) is 0 Å². The van der Waals surface area contributed by atoms with Crippen LogP contribution in [0, 0.1) is 11.8 Å². The summed E-state index contributed by atoms with van der Waals surface area (Å²) in [6.07, 6.45) is 2.79. The molecule has 4 heteroatoms. The minimum absolute atomic E-state index is 0.0971. The zero-order valence-corrected chi connectivity index (χ0v) is 14.4. The molecule has 2 unspecified atom stereocenters. The molecule has 0 aromatic heterocycles. The van der Waals surface area contributed by atoms with Gasteiger partial charge in [0.1, 0.15) is 11.5 Å². The molecular formula is C19H25NO3. The van der Waals surface area contributed by atoms with Gasteiger partial charge in [-0.2, -0.15) is 0 Å². The quantitative estimate of drug-likeness (QED) is 0.732. The van der Waals surface area contributed by atoms with Crippen molar-refractivity contribution in [2.24, 2.45) is 16.8 Å². The molecule has 1 aromatic carbocycles. The Kier molecular flexibility index (Phi) is 5.69. The monoisotopic (exact) mass is 315 g/mol. The second kappa shape index (κ2) is 7.53. The van der Waals surface area contributed by atoms with Gasteiger partial charge in [-0.3, -0.25) is 14.6 Å². The fourth-order valence-electron chi connectivity index (χ4n) is 2.74. The number of carbonyl (C=O) groups is 2. The highest BCUT2D eigenvalue weighted by Crippen LogP contribution is 2.29. The molecule has 2 rings (SSSR count). The predicted octanol–water partition coefficient (Wildman–Crippen LogP) is 4.39. The van der Waals surface area contributed by atoms with E-state index in [1.165, 1.54) is 0 Å². The van der Waals surface area contributed by atoms with Gasteiger partial charge in [0.15, 0.2) is 5.78 Å². The van der Waals surface area contributed by atoms with Gasteiger partial charge in [-0.15, -0.1) is 0 Å². The summed E-state index contributed by atoms with van der Waals surface area (Å²) in [6.45, 7) is 6.05. The fraction of sp³-hybridized carbons (Fsp3) is 0.526. The van der Waals surface area contributed by atoms with Crippen LogP contribution >= 0.6 is 0 Å². The average molecular weight is 315 g/mol. The van der Waals surface area contributed by atoms with E-state index < -0.39 is 0 Å². The molecule has 0 bridgehead atoms. The first-order valence-corrected chi connectivity index (χ1v) is 8.27. The summed E-state index contributed by atoms with van der Waals surface area (Å²) in [5, 5.41) is 0. The molecule has 0 heterocycles. The molecular weight excluding hydrogens is 290 g/mol. The Morgan fingerprint density at radius 2 is 2.13 bits per heavy atom. The topological polar surface area (TPSA) is 55.7 Å². The minimum Gasteiger partial charge on any atom is -0.496 e. The van der Waals surface area contributed by atoms with Crippen LogP contribution in [0.3, 0.4) is 0 Å². The Morgan fingerprint density at radius 3 is 2.70 bits per heavy atom. The van der Waals surface area contributed by atoms with Crippen molar-refractivity contribution in [1.82, 2.24) is 0 Å². The van der Waals surface area contributed by atoms with Crippen molar-refractivity contribution in [3.05, 3.63) is 23.8 Å². The number of hydrogen-bond acceptors (Lipinski definition) is 4. The third-order valence-electron chi connectivity index (χ3n) is 4.60. The Hall–Kier alpha value is -1.97. The first-order chi connectivity index (χ1) is 11.0. The van der Waals surface area contributed by atoms with Gasteiger partial charge in [0.25, 0.3) is 0 Å². The summed E-state index contributed by atoms with van der Waals surface area (Å²) < 4.78 is 5.38. The van der Waals surface area contributed by atoms with Crippen molar-refractivity contribution in [2.45, 2.75) is 46.5 Å². The molecule has 1 aliphatic carbocycles. The lowest BCUT2D eigenvalue weighted by atomic mass is 9.97. The molecule has 0 aliphatic heterocycles. The summed E-state index contributed by atoms with van der Waals surface area (Å²) in [5.41, 5.74) is 2.25. The highest BCUT2D eigenvalue weighted by Gasteiger charge is 2.26. The summed E-state index contributed by atoms with van der Waals surface area (Å²) in [5.74, 6) is 1.15. The SMILES string of the molecule is CCC(C)CC(=O)c1ccc(N=C2CCC(=O)C2C)cc1OC. The average Bonchev–Trinajstić information content (AvgIpc) is 2.86. The van der Waals surface area contributed by atoms with E-state index in [2.05, 4.69) is 18.8 Å². The van der Waals surface area contributed by atoms with Crippen LogP contribution in [0.2, 0.25) is 0 Å². The second-order valence-electron chi connectivity index (χ2n) is 6.32. The number of methoxy groups -OCH3 is 1. The lowest BCUT2D eigenvalue weighted by Crippen LogP contribution is -2.09. The third-order valence-corrected chi connectivity index (χ3v) is 4.60. The molecule has 0 N–H and O–H groups in total. The van der Waals surface area contributed by atoms with Crippen molar-refractivity contribution < 1.29 is 14.3 Å². The van der Waals surface area contributed by atoms with E-state index in [1.54, 1.807) is 19.2 Å². The van der Waals surface area contributed by atoms with E-state index in [9.17, 15) is 9.59 Å². The van der Waals surface area contributed by atoms with E-state index in [0.717, 1.165) is 24.2 Å². The molecule has 0 amide bonds. The van der Waals surface area contributed by atoms with E-state index in [-0.39, 0.29) is 17.5 Å². The third kappa shape index (κ3) is 4.06. The van der Waals surface area contributed by atoms with Crippen LogP contribution in [0.15, 0.2) is 23.2 Å². The van der Waals surface area contributed by atoms with Crippen LogP contribution in [0.5, 0.6) is 5.75 Å². The maximum Gasteiger partial charge on any atom is 0.166 e. The van der Waals surface area contributed by atoms with Gasteiger partial charge in [0, 0.05) is 24.6 Å². The number of ketones is 2. The summed E-state index contributed by atoms with van der Waals surface area (Å²) >= 11 is 0. The summed E-state index contributed by atoms with van der Waals surface area (Å²) in [4.78, 5) is 28.6. The molecule has 0 radical (unpaired) electrons. The number of aliphatic imine (C=N–C) groups is 1. The van der Waals surface area contributed by atoms with Crippen LogP contribution < -0.4 is 4.74 Å². The van der Waals surface area contributed by atoms with Crippen molar-refractivity contribution in [2.75, 3.05) is 7.11 Å². The van der Waals surface area contributed by atoms with Crippen molar-refractivity contribution in [3.63, 3.8) is 0 Å². The van der Waals surface area contributed by atoms with Crippen LogP contribution in [-0.2, 0) is 4.79 Å². The molecule has 1 aliphatic rings. The van der Waals surface area contributed by atoms with E-state index in [0.29, 0.717) is 30.1 Å². The Bertz CT molecular complexity index is 634. The van der Waals surface area contributed by atoms with Gasteiger partial charge in [0.05, 0.1) is 24.3 Å². The molecule has 1 fully saturated rings. The van der Waals surface area contributed by atoms with E-state index in [4.69, 9.17) is 4.74 Å². The number of nitrogens with zero attached hydrogens (tertiary/aromatic N) is 1. The lowest BCUT2D eigenvalue weighted by Gasteiger charge is -2.11. The largest absolute Gasteiger partial charge is 0.496 e. The smallest absolute Gasteiger partial charge is 0.166 e. The zero-order chi connectivity index (χ0) is 17.0. The van der Waals surface area contributed by atoms with Crippen molar-refractivity contribution in [3.8, 4) is 5.75 Å². The number of hydrogen-bond donors (Lipinski definition) is 0. The standard InChI is InChI=1S/C19H25NO3/c1-5-12(2)10-18(22)15-7-6-14(11-19(15)23-4)20-16-8-9-17(21)13(16)3/h6-7,11-13H,5,8-10H2,1-4H3. The van der Waals surface area contributed by atoms with Gasteiger partial charge in [0.2, 0.25) is 0 Å². The number of rotatable bonds is 6. The molecule has 0 saturated heterocycles. The summed E-state index contributed by atoms with van der Waals surface area (Å²) in [7, 11) is 1.56. The molecule has 1 saturated carbocycles. The highest BCUT2D eigenvalue weighted by atomic mass is 16.5. The number of Topliss-reactive ketones (excluding diaryl/α,β-unsaturated/α-hetero) is 2. The predicted molar refractivity (Wildman–Crippen MR) is 91.9 cm³/mol. The molecule has 0 spiro atoms. The van der Waals surface area contributed by atoms with Crippen LogP contribution in [0.1, 0.15) is 56.8 Å². The molecule has 2 atom stereocenters. The first-order valence-electron chi connectivity index (χ1n) is 8.27. The maximum absolute atomic E-state index is 12.4. The Balaban J connectivity index is 2.24. The van der Waals surface area contributed by atoms with Gasteiger partial charge in [-0.05, 0) is 24.5 Å². The van der Waals surface area contributed by atoms with Gasteiger partial charge in [-0.1, -0.05) is 27.2 Å². The van der Waals surface area contributed by atoms with Crippen LogP contribution in [-0.4, -0.2) is 24.4 Å². The normalized spacial score (nSPS) is 20.8. The molecule has 1 aromatic rings. The van der Waals surface area contributed by atoms with Gasteiger partial charge < -0.3 is 4.74 Å². The highest BCUT2D eigenvalue weighted by molar-refractivity contribution is 6.11. The van der Waals surface area contributed by atoms with Crippen LogP contribution in [0.4, 0.5) is 5.69 Å².